The molecule has 1 rings (SSSR count). The van der Waals surface area contributed by atoms with Crippen LogP contribution in [0.15, 0.2) is 18.3 Å². The molecule has 1 aromatic rings. The second-order valence-electron chi connectivity index (χ2n) is 4.68. The number of nitrogens with one attached hydrogen (secondary N) is 1. The van der Waals surface area contributed by atoms with Gasteiger partial charge in [-0.05, 0) is 37.9 Å². The Kier molecular flexibility index (Phi) is 5.47. The van der Waals surface area contributed by atoms with Gasteiger partial charge in [0.2, 0.25) is 0 Å². The van der Waals surface area contributed by atoms with Crippen LogP contribution in [0.25, 0.3) is 0 Å². The molecule has 0 aromatic carbocycles. The van der Waals surface area contributed by atoms with Gasteiger partial charge in [0, 0.05) is 12.2 Å². The fourth-order valence-electron chi connectivity index (χ4n) is 2.24. The van der Waals surface area contributed by atoms with Gasteiger partial charge in [-0.15, -0.1) is 0 Å². The minimum atomic E-state index is 0.391. The van der Waals surface area contributed by atoms with E-state index in [0.717, 1.165) is 5.92 Å². The van der Waals surface area contributed by atoms with Gasteiger partial charge in [0.05, 0.1) is 5.69 Å². The van der Waals surface area contributed by atoms with Gasteiger partial charge >= 0.3 is 0 Å². The number of rotatable bonds is 6. The van der Waals surface area contributed by atoms with Crippen LogP contribution in [-0.4, -0.2) is 12.0 Å². The van der Waals surface area contributed by atoms with E-state index in [9.17, 15) is 0 Å². The molecule has 1 aromatic heterocycles. The average Bonchev–Trinajstić information content (AvgIpc) is 2.27. The first-order valence-electron chi connectivity index (χ1n) is 6.27. The summed E-state index contributed by atoms with van der Waals surface area (Å²) in [4.78, 5) is 4.50. The first kappa shape index (κ1) is 13.2. The van der Waals surface area contributed by atoms with Crippen molar-refractivity contribution in [3.8, 4) is 0 Å². The highest BCUT2D eigenvalue weighted by molar-refractivity contribution is 5.21. The summed E-state index contributed by atoms with van der Waals surface area (Å²) in [5.41, 5.74) is 2.48. The van der Waals surface area contributed by atoms with E-state index in [0.29, 0.717) is 6.04 Å². The summed E-state index contributed by atoms with van der Waals surface area (Å²) >= 11 is 0. The monoisotopic (exact) mass is 220 g/mol. The Labute approximate surface area is 99.5 Å². The molecular weight excluding hydrogens is 196 g/mol. The van der Waals surface area contributed by atoms with E-state index < -0.39 is 0 Å². The van der Waals surface area contributed by atoms with Crippen molar-refractivity contribution >= 4 is 0 Å². The van der Waals surface area contributed by atoms with E-state index in [1.54, 1.807) is 0 Å². The zero-order chi connectivity index (χ0) is 12.0. The first-order chi connectivity index (χ1) is 7.69. The largest absolute Gasteiger partial charge is 0.312 e. The van der Waals surface area contributed by atoms with Gasteiger partial charge in [-0.3, -0.25) is 4.98 Å². The van der Waals surface area contributed by atoms with Crippen molar-refractivity contribution in [3.05, 3.63) is 29.6 Å². The molecular formula is C14H24N2. The zero-order valence-corrected chi connectivity index (χ0v) is 11.0. The molecule has 0 bridgehead atoms. The van der Waals surface area contributed by atoms with E-state index >= 15 is 0 Å². The van der Waals surface area contributed by atoms with Crippen molar-refractivity contribution in [2.75, 3.05) is 7.05 Å². The molecule has 0 amide bonds. The molecule has 0 saturated carbocycles. The molecule has 2 heteroatoms. The smallest absolute Gasteiger partial charge is 0.0602 e. The van der Waals surface area contributed by atoms with E-state index in [1.165, 1.54) is 30.5 Å². The highest BCUT2D eigenvalue weighted by atomic mass is 14.9. The predicted molar refractivity (Wildman–Crippen MR) is 69.5 cm³/mol. The normalized spacial score (nSPS) is 14.8. The molecule has 90 valence electrons. The number of nitrogens with zero attached hydrogens (tertiary/aromatic N) is 1. The first-order valence-corrected chi connectivity index (χ1v) is 6.27. The second kappa shape index (κ2) is 6.64. The van der Waals surface area contributed by atoms with Crippen LogP contribution in [0.2, 0.25) is 0 Å². The molecule has 0 aliphatic heterocycles. The van der Waals surface area contributed by atoms with Crippen molar-refractivity contribution in [2.24, 2.45) is 5.92 Å². The van der Waals surface area contributed by atoms with Gasteiger partial charge in [0.1, 0.15) is 0 Å². The molecule has 0 radical (unpaired) electrons. The minimum Gasteiger partial charge on any atom is -0.312 e. The molecule has 0 fully saturated rings. The van der Waals surface area contributed by atoms with E-state index in [-0.39, 0.29) is 0 Å². The van der Waals surface area contributed by atoms with Crippen LogP contribution < -0.4 is 5.32 Å². The molecule has 0 aliphatic rings. The van der Waals surface area contributed by atoms with Gasteiger partial charge in [-0.2, -0.15) is 0 Å². The van der Waals surface area contributed by atoms with Crippen molar-refractivity contribution in [3.63, 3.8) is 0 Å². The van der Waals surface area contributed by atoms with Crippen LogP contribution in [-0.2, 0) is 0 Å². The summed E-state index contributed by atoms with van der Waals surface area (Å²) in [5, 5.41) is 3.39. The third kappa shape index (κ3) is 3.60. The second-order valence-corrected chi connectivity index (χ2v) is 4.68. The van der Waals surface area contributed by atoms with Crippen LogP contribution in [0.3, 0.4) is 0 Å². The summed E-state index contributed by atoms with van der Waals surface area (Å²) in [7, 11) is 2.03. The highest BCUT2D eigenvalue weighted by Gasteiger charge is 2.15. The number of pyridine rings is 1. The van der Waals surface area contributed by atoms with Crippen molar-refractivity contribution < 1.29 is 0 Å². The molecule has 0 spiro atoms. The van der Waals surface area contributed by atoms with Crippen molar-refractivity contribution in [1.29, 1.82) is 0 Å². The van der Waals surface area contributed by atoms with Gasteiger partial charge in [0.25, 0.3) is 0 Å². The van der Waals surface area contributed by atoms with Gasteiger partial charge in [-0.25, -0.2) is 0 Å². The van der Waals surface area contributed by atoms with Gasteiger partial charge in [-0.1, -0.05) is 32.8 Å². The summed E-state index contributed by atoms with van der Waals surface area (Å²) in [6, 6.07) is 4.53. The maximum absolute atomic E-state index is 4.50. The zero-order valence-electron chi connectivity index (χ0n) is 11.0. The Bertz CT molecular complexity index is 309. The number of aryl methyl sites for hydroxylation is 1. The Morgan fingerprint density at radius 2 is 2.19 bits per heavy atom. The fraction of sp³-hybridized carbons (Fsp3) is 0.643. The van der Waals surface area contributed by atoms with Crippen LogP contribution >= 0.6 is 0 Å². The van der Waals surface area contributed by atoms with Crippen LogP contribution in [0, 0.1) is 12.8 Å². The third-order valence-corrected chi connectivity index (χ3v) is 3.15. The Balaban J connectivity index is 2.71. The lowest BCUT2D eigenvalue weighted by atomic mass is 9.94. The topological polar surface area (TPSA) is 24.9 Å². The third-order valence-electron chi connectivity index (χ3n) is 3.15. The standard InChI is InChI=1S/C14H24N2/c1-5-7-11(2)10-13(15-4)14-12(3)8-6-9-16-14/h6,8-9,11,13,15H,5,7,10H2,1-4H3. The Morgan fingerprint density at radius 1 is 1.44 bits per heavy atom. The highest BCUT2D eigenvalue weighted by Crippen LogP contribution is 2.24. The van der Waals surface area contributed by atoms with E-state index in [4.69, 9.17) is 0 Å². The van der Waals surface area contributed by atoms with E-state index in [2.05, 4.69) is 37.1 Å². The summed E-state index contributed by atoms with van der Waals surface area (Å²) in [6.45, 7) is 6.71. The SMILES string of the molecule is CCCC(C)CC(NC)c1ncccc1C. The predicted octanol–water partition coefficient (Wildman–Crippen LogP) is 3.48. The number of aromatic nitrogens is 1. The lowest BCUT2D eigenvalue weighted by molar-refractivity contribution is 0.400. The average molecular weight is 220 g/mol. The molecule has 1 heterocycles. The van der Waals surface area contributed by atoms with Crippen molar-refractivity contribution in [2.45, 2.75) is 46.1 Å². The Morgan fingerprint density at radius 3 is 2.75 bits per heavy atom. The molecule has 2 nitrogen and oxygen atoms in total. The van der Waals surface area contributed by atoms with E-state index in [1.807, 2.05) is 19.3 Å². The maximum atomic E-state index is 4.50. The van der Waals surface area contributed by atoms with Gasteiger partial charge < -0.3 is 5.32 Å². The maximum Gasteiger partial charge on any atom is 0.0602 e. The molecule has 2 unspecified atom stereocenters. The summed E-state index contributed by atoms with van der Waals surface area (Å²) in [6.07, 6.45) is 5.61. The summed E-state index contributed by atoms with van der Waals surface area (Å²) in [5.74, 6) is 0.754. The molecule has 16 heavy (non-hydrogen) atoms. The molecule has 2 atom stereocenters. The lowest BCUT2D eigenvalue weighted by Crippen LogP contribution is -2.21. The van der Waals surface area contributed by atoms with Crippen LogP contribution in [0.5, 0.6) is 0 Å². The lowest BCUT2D eigenvalue weighted by Gasteiger charge is -2.21. The molecule has 1 N–H and O–H groups in total. The van der Waals surface area contributed by atoms with Gasteiger partial charge in [0.15, 0.2) is 0 Å². The number of hydrogen-bond donors (Lipinski definition) is 1. The Hall–Kier alpha value is -0.890. The fourth-order valence-corrected chi connectivity index (χ4v) is 2.24. The summed E-state index contributed by atoms with van der Waals surface area (Å²) < 4.78 is 0. The van der Waals surface area contributed by atoms with Crippen molar-refractivity contribution in [1.82, 2.24) is 10.3 Å². The van der Waals surface area contributed by atoms with Crippen LogP contribution in [0.4, 0.5) is 0 Å². The molecule has 0 saturated heterocycles. The number of hydrogen-bond acceptors (Lipinski definition) is 2. The molecule has 0 aliphatic carbocycles. The minimum absolute atomic E-state index is 0.391. The van der Waals surface area contributed by atoms with Crippen LogP contribution in [0.1, 0.15) is 50.4 Å². The quantitative estimate of drug-likeness (QED) is 0.794.